The van der Waals surface area contributed by atoms with Gasteiger partial charge < -0.3 is 15.4 Å². The molecule has 28 heavy (non-hydrogen) atoms. The van der Waals surface area contributed by atoms with Crippen molar-refractivity contribution < 1.29 is 19.1 Å². The minimum atomic E-state index is -0.900. The van der Waals surface area contributed by atoms with Gasteiger partial charge in [-0.25, -0.2) is 4.79 Å². The summed E-state index contributed by atoms with van der Waals surface area (Å²) in [6.07, 6.45) is 6.56. The van der Waals surface area contributed by atoms with Crippen molar-refractivity contribution in [1.29, 1.82) is 5.26 Å². The highest BCUT2D eigenvalue weighted by atomic mass is 16.5. The number of rotatable bonds is 8. The summed E-state index contributed by atoms with van der Waals surface area (Å²) < 4.78 is 5.20. The van der Waals surface area contributed by atoms with E-state index in [4.69, 9.17) is 10.00 Å². The number of benzene rings is 1. The van der Waals surface area contributed by atoms with Gasteiger partial charge in [-0.1, -0.05) is 11.6 Å². The van der Waals surface area contributed by atoms with Crippen molar-refractivity contribution in [3.63, 3.8) is 0 Å². The second kappa shape index (κ2) is 10.9. The molecule has 1 aromatic rings. The van der Waals surface area contributed by atoms with Crippen molar-refractivity contribution in [2.24, 2.45) is 0 Å². The minimum absolute atomic E-state index is 0.242. The van der Waals surface area contributed by atoms with E-state index in [2.05, 4.69) is 16.7 Å². The summed E-state index contributed by atoms with van der Waals surface area (Å²) in [5.74, 6) is -1.37. The molecular weight excluding hydrogens is 358 g/mol. The largest absolute Gasteiger partial charge is 0.449 e. The van der Waals surface area contributed by atoms with Crippen LogP contribution >= 0.6 is 0 Å². The van der Waals surface area contributed by atoms with Crippen molar-refractivity contribution >= 4 is 23.5 Å². The molecule has 2 rings (SSSR count). The van der Waals surface area contributed by atoms with Gasteiger partial charge in [-0.2, -0.15) is 5.26 Å². The quantitative estimate of drug-likeness (QED) is 0.530. The SMILES string of the molecule is C[C@H](OC(=O)c1ccc(NC(=O)CC#N)cc1)C(=O)NCCC1=CCCCC1. The fourth-order valence-corrected chi connectivity index (χ4v) is 2.87. The number of nitriles is 1. The summed E-state index contributed by atoms with van der Waals surface area (Å²) >= 11 is 0. The predicted molar refractivity (Wildman–Crippen MR) is 104 cm³/mol. The minimum Gasteiger partial charge on any atom is -0.449 e. The van der Waals surface area contributed by atoms with Gasteiger partial charge in [0.05, 0.1) is 11.6 Å². The number of hydrogen-bond donors (Lipinski definition) is 2. The Morgan fingerprint density at radius 3 is 2.61 bits per heavy atom. The van der Waals surface area contributed by atoms with E-state index in [1.54, 1.807) is 6.07 Å². The molecule has 7 nitrogen and oxygen atoms in total. The highest BCUT2D eigenvalue weighted by Gasteiger charge is 2.18. The lowest BCUT2D eigenvalue weighted by Gasteiger charge is -2.15. The van der Waals surface area contributed by atoms with Gasteiger partial charge in [0.1, 0.15) is 6.42 Å². The van der Waals surface area contributed by atoms with Crippen LogP contribution in [0.3, 0.4) is 0 Å². The van der Waals surface area contributed by atoms with E-state index in [0.29, 0.717) is 12.2 Å². The van der Waals surface area contributed by atoms with Gasteiger partial charge in [-0.3, -0.25) is 9.59 Å². The number of allylic oxidation sites excluding steroid dienone is 1. The number of carbonyl (C=O) groups excluding carboxylic acids is 3. The molecule has 0 saturated carbocycles. The standard InChI is InChI=1S/C21H25N3O4/c1-15(20(26)23-14-12-16-5-3-2-4-6-16)28-21(27)17-7-9-18(10-8-17)24-19(25)11-13-22/h5,7-10,15H,2-4,6,11-12,14H2,1H3,(H,23,26)(H,24,25)/t15-/m0/s1. The van der Waals surface area contributed by atoms with Gasteiger partial charge in [-0.15, -0.1) is 0 Å². The lowest BCUT2D eigenvalue weighted by Crippen LogP contribution is -2.36. The van der Waals surface area contributed by atoms with Crippen LogP contribution in [0.1, 0.15) is 55.8 Å². The Morgan fingerprint density at radius 1 is 1.21 bits per heavy atom. The Kier molecular flexibility index (Phi) is 8.22. The molecule has 2 amide bonds. The van der Waals surface area contributed by atoms with E-state index in [1.807, 2.05) is 0 Å². The Labute approximate surface area is 164 Å². The molecule has 0 bridgehead atoms. The average Bonchev–Trinajstić information content (AvgIpc) is 2.69. The van der Waals surface area contributed by atoms with E-state index in [-0.39, 0.29) is 17.9 Å². The molecule has 0 unspecified atom stereocenters. The van der Waals surface area contributed by atoms with Crippen molar-refractivity contribution in [1.82, 2.24) is 5.32 Å². The molecule has 1 atom stereocenters. The first-order valence-corrected chi connectivity index (χ1v) is 9.43. The molecule has 148 valence electrons. The average molecular weight is 383 g/mol. The van der Waals surface area contributed by atoms with Gasteiger partial charge in [0.25, 0.3) is 5.91 Å². The Bertz CT molecular complexity index is 778. The number of amides is 2. The monoisotopic (exact) mass is 383 g/mol. The maximum absolute atomic E-state index is 12.2. The first-order chi connectivity index (χ1) is 13.5. The van der Waals surface area contributed by atoms with Crippen LogP contribution < -0.4 is 10.6 Å². The fraction of sp³-hybridized carbons (Fsp3) is 0.429. The second-order valence-electron chi connectivity index (χ2n) is 6.66. The first kappa shape index (κ1) is 21.2. The summed E-state index contributed by atoms with van der Waals surface area (Å²) in [5, 5.41) is 13.8. The Hall–Kier alpha value is -3.14. The van der Waals surface area contributed by atoms with E-state index >= 15 is 0 Å². The summed E-state index contributed by atoms with van der Waals surface area (Å²) in [7, 11) is 0. The maximum Gasteiger partial charge on any atom is 0.338 e. The molecule has 0 aromatic heterocycles. The molecule has 2 N–H and O–H groups in total. The number of nitrogens with one attached hydrogen (secondary N) is 2. The number of anilines is 1. The highest BCUT2D eigenvalue weighted by Crippen LogP contribution is 2.19. The van der Waals surface area contributed by atoms with Crippen molar-refractivity contribution in [2.45, 2.75) is 51.6 Å². The smallest absolute Gasteiger partial charge is 0.338 e. The van der Waals surface area contributed by atoms with Crippen LogP contribution in [0.5, 0.6) is 0 Å². The van der Waals surface area contributed by atoms with Crippen molar-refractivity contribution in [2.75, 3.05) is 11.9 Å². The normalized spacial score (nSPS) is 14.2. The zero-order valence-corrected chi connectivity index (χ0v) is 16.0. The maximum atomic E-state index is 12.2. The van der Waals surface area contributed by atoms with Gasteiger partial charge in [0.15, 0.2) is 6.10 Å². The van der Waals surface area contributed by atoms with Gasteiger partial charge in [-0.05, 0) is 63.3 Å². The third-order valence-corrected chi connectivity index (χ3v) is 4.43. The molecule has 1 aliphatic carbocycles. The zero-order valence-electron chi connectivity index (χ0n) is 16.0. The van der Waals surface area contributed by atoms with Crippen LogP contribution in [0.2, 0.25) is 0 Å². The number of ether oxygens (including phenoxy) is 1. The summed E-state index contributed by atoms with van der Waals surface area (Å²) in [6.45, 7) is 2.06. The molecule has 0 spiro atoms. The van der Waals surface area contributed by atoms with Crippen LogP contribution in [0.4, 0.5) is 5.69 Å². The summed E-state index contributed by atoms with van der Waals surface area (Å²) in [4.78, 5) is 35.6. The number of hydrogen-bond acceptors (Lipinski definition) is 5. The molecule has 0 heterocycles. The third-order valence-electron chi connectivity index (χ3n) is 4.43. The highest BCUT2D eigenvalue weighted by molar-refractivity contribution is 5.94. The molecule has 0 aliphatic heterocycles. The van der Waals surface area contributed by atoms with E-state index in [0.717, 1.165) is 19.3 Å². The summed E-state index contributed by atoms with van der Waals surface area (Å²) in [5.41, 5.74) is 2.11. The molecule has 0 fully saturated rings. The van der Waals surface area contributed by atoms with Crippen LogP contribution in [0.25, 0.3) is 0 Å². The predicted octanol–water partition coefficient (Wildman–Crippen LogP) is 3.09. The lowest BCUT2D eigenvalue weighted by molar-refractivity contribution is -0.129. The molecule has 1 aromatic carbocycles. The Balaban J connectivity index is 1.77. The second-order valence-corrected chi connectivity index (χ2v) is 6.66. The van der Waals surface area contributed by atoms with Crippen LogP contribution in [0, 0.1) is 11.3 Å². The van der Waals surface area contributed by atoms with Crippen LogP contribution in [-0.4, -0.2) is 30.4 Å². The van der Waals surface area contributed by atoms with Gasteiger partial charge in [0, 0.05) is 12.2 Å². The van der Waals surface area contributed by atoms with Crippen LogP contribution in [-0.2, 0) is 14.3 Å². The zero-order chi connectivity index (χ0) is 20.4. The summed E-state index contributed by atoms with van der Waals surface area (Å²) in [6, 6.07) is 7.81. The first-order valence-electron chi connectivity index (χ1n) is 9.43. The van der Waals surface area contributed by atoms with Gasteiger partial charge in [0.2, 0.25) is 5.91 Å². The number of nitrogens with zero attached hydrogens (tertiary/aromatic N) is 1. The fourth-order valence-electron chi connectivity index (χ4n) is 2.87. The molecule has 0 radical (unpaired) electrons. The topological polar surface area (TPSA) is 108 Å². The number of carbonyl (C=O) groups is 3. The molecular formula is C21H25N3O4. The Morgan fingerprint density at radius 2 is 1.96 bits per heavy atom. The van der Waals surface area contributed by atoms with Gasteiger partial charge >= 0.3 is 5.97 Å². The van der Waals surface area contributed by atoms with E-state index < -0.39 is 18.0 Å². The number of esters is 1. The third kappa shape index (κ3) is 6.88. The molecule has 0 saturated heterocycles. The lowest BCUT2D eigenvalue weighted by atomic mass is 9.97. The van der Waals surface area contributed by atoms with Crippen molar-refractivity contribution in [3.8, 4) is 6.07 Å². The van der Waals surface area contributed by atoms with Crippen molar-refractivity contribution in [3.05, 3.63) is 41.5 Å². The molecule has 7 heteroatoms. The van der Waals surface area contributed by atoms with E-state index in [9.17, 15) is 14.4 Å². The molecule has 1 aliphatic rings. The van der Waals surface area contributed by atoms with E-state index in [1.165, 1.54) is 49.6 Å². The van der Waals surface area contributed by atoms with Crippen LogP contribution in [0.15, 0.2) is 35.9 Å².